The van der Waals surface area contributed by atoms with Crippen molar-refractivity contribution in [1.82, 2.24) is 14.6 Å². The second-order valence-corrected chi connectivity index (χ2v) is 4.06. The molecule has 0 fully saturated rings. The molecule has 2 aromatic rings. The van der Waals surface area contributed by atoms with Gasteiger partial charge in [-0.1, -0.05) is 12.7 Å². The fraction of sp³-hybridized carbons (Fsp3) is 0.231. The molecule has 0 aromatic carbocycles. The highest BCUT2D eigenvalue weighted by Gasteiger charge is 2.08. The topological polar surface area (TPSA) is 33.4 Å². The first kappa shape index (κ1) is 11.4. The highest BCUT2D eigenvalue weighted by Crippen LogP contribution is 2.19. The van der Waals surface area contributed by atoms with E-state index in [0.717, 1.165) is 22.6 Å². The van der Waals surface area contributed by atoms with E-state index in [1.54, 1.807) is 4.52 Å². The van der Waals surface area contributed by atoms with Gasteiger partial charge in [0, 0.05) is 25.1 Å². The van der Waals surface area contributed by atoms with Gasteiger partial charge < -0.3 is 4.90 Å². The molecule has 2 heterocycles. The van der Waals surface area contributed by atoms with Gasteiger partial charge in [0.1, 0.15) is 5.69 Å². The molecule has 0 unspecified atom stereocenters. The lowest BCUT2D eigenvalue weighted by atomic mass is 10.3. The smallest absolute Gasteiger partial charge is 0.179 e. The fourth-order valence-corrected chi connectivity index (χ4v) is 1.62. The van der Waals surface area contributed by atoms with Crippen LogP contribution in [0.1, 0.15) is 12.6 Å². The number of rotatable bonds is 3. The largest absolute Gasteiger partial charge is 0.346 e. The molecule has 2 rings (SSSR count). The van der Waals surface area contributed by atoms with Crippen LogP contribution in [0.5, 0.6) is 0 Å². The average Bonchev–Trinajstić information content (AvgIpc) is 2.71. The Morgan fingerprint density at radius 1 is 1.53 bits per heavy atom. The van der Waals surface area contributed by atoms with E-state index in [-0.39, 0.29) is 0 Å². The summed E-state index contributed by atoms with van der Waals surface area (Å²) in [4.78, 5) is 6.50. The minimum Gasteiger partial charge on any atom is -0.346 e. The van der Waals surface area contributed by atoms with Crippen LogP contribution in [0.2, 0.25) is 0 Å². The third-order valence-electron chi connectivity index (χ3n) is 2.59. The Hall–Kier alpha value is -2.10. The number of anilines is 1. The highest BCUT2D eigenvalue weighted by molar-refractivity contribution is 5.69. The molecule has 2 aromatic heterocycles. The standard InChI is InChI=1S/C13H16N4/c1-5-10(2)9-16(4)12-8-14-17-7-6-11(3)15-13(12)17/h5-9H,1H2,2-4H3/b10-9-. The van der Waals surface area contributed by atoms with Crippen molar-refractivity contribution in [3.05, 3.63) is 48.6 Å². The van der Waals surface area contributed by atoms with Crippen LogP contribution in [0.15, 0.2) is 42.9 Å². The van der Waals surface area contributed by atoms with Gasteiger partial charge in [-0.25, -0.2) is 9.50 Å². The van der Waals surface area contributed by atoms with Crippen LogP contribution in [0, 0.1) is 6.92 Å². The van der Waals surface area contributed by atoms with Gasteiger partial charge in [0.15, 0.2) is 5.65 Å². The van der Waals surface area contributed by atoms with E-state index in [9.17, 15) is 0 Å². The van der Waals surface area contributed by atoms with E-state index in [1.165, 1.54) is 0 Å². The molecule has 0 N–H and O–H groups in total. The number of fused-ring (bicyclic) bond motifs is 1. The van der Waals surface area contributed by atoms with Crippen molar-refractivity contribution in [3.8, 4) is 0 Å². The Kier molecular flexibility index (Phi) is 2.95. The first-order valence-corrected chi connectivity index (χ1v) is 5.46. The van der Waals surface area contributed by atoms with Crippen LogP contribution in [0.4, 0.5) is 5.69 Å². The van der Waals surface area contributed by atoms with Crippen molar-refractivity contribution in [1.29, 1.82) is 0 Å². The summed E-state index contributed by atoms with van der Waals surface area (Å²) in [6.07, 6.45) is 7.56. The number of allylic oxidation sites excluding steroid dienone is 2. The lowest BCUT2D eigenvalue weighted by Crippen LogP contribution is -2.09. The Morgan fingerprint density at radius 3 is 3.00 bits per heavy atom. The molecule has 0 spiro atoms. The minimum absolute atomic E-state index is 0.862. The van der Waals surface area contributed by atoms with E-state index in [4.69, 9.17) is 0 Å². The van der Waals surface area contributed by atoms with E-state index >= 15 is 0 Å². The van der Waals surface area contributed by atoms with Crippen LogP contribution >= 0.6 is 0 Å². The number of aryl methyl sites for hydroxylation is 1. The second kappa shape index (κ2) is 4.41. The summed E-state index contributed by atoms with van der Waals surface area (Å²) in [6, 6.07) is 1.94. The van der Waals surface area contributed by atoms with Crippen molar-refractivity contribution >= 4 is 11.3 Å². The maximum atomic E-state index is 4.49. The van der Waals surface area contributed by atoms with Gasteiger partial charge in [-0.05, 0) is 25.5 Å². The number of hydrogen-bond donors (Lipinski definition) is 0. The molecule has 0 amide bonds. The van der Waals surface area contributed by atoms with Crippen LogP contribution < -0.4 is 4.90 Å². The Labute approximate surface area is 101 Å². The van der Waals surface area contributed by atoms with Crippen molar-refractivity contribution in [3.63, 3.8) is 0 Å². The van der Waals surface area contributed by atoms with Gasteiger partial charge in [0.2, 0.25) is 0 Å². The van der Waals surface area contributed by atoms with Crippen molar-refractivity contribution < 1.29 is 0 Å². The first-order chi connectivity index (χ1) is 8.11. The molecule has 0 saturated carbocycles. The number of nitrogens with zero attached hydrogens (tertiary/aromatic N) is 4. The molecule has 0 radical (unpaired) electrons. The van der Waals surface area contributed by atoms with Crippen LogP contribution in [-0.2, 0) is 0 Å². The molecule has 0 bridgehead atoms. The van der Waals surface area contributed by atoms with E-state index in [1.807, 2.05) is 56.5 Å². The summed E-state index contributed by atoms with van der Waals surface area (Å²) in [5, 5.41) is 4.27. The van der Waals surface area contributed by atoms with Crippen molar-refractivity contribution in [2.75, 3.05) is 11.9 Å². The second-order valence-electron chi connectivity index (χ2n) is 4.06. The monoisotopic (exact) mass is 228 g/mol. The van der Waals surface area contributed by atoms with Crippen LogP contribution in [-0.4, -0.2) is 21.6 Å². The lowest BCUT2D eigenvalue weighted by molar-refractivity contribution is 0.929. The van der Waals surface area contributed by atoms with Gasteiger partial charge in [-0.3, -0.25) is 0 Å². The summed E-state index contributed by atoms with van der Waals surface area (Å²) in [5.41, 5.74) is 3.92. The zero-order valence-electron chi connectivity index (χ0n) is 10.4. The third-order valence-corrected chi connectivity index (χ3v) is 2.59. The molecule has 0 aliphatic rings. The van der Waals surface area contributed by atoms with Gasteiger partial charge in [-0.15, -0.1) is 0 Å². The SMILES string of the molecule is C=C/C(C)=C\N(C)c1cnn2ccc(C)nc12. The zero-order chi connectivity index (χ0) is 12.4. The predicted molar refractivity (Wildman–Crippen MR) is 70.1 cm³/mol. The maximum Gasteiger partial charge on any atom is 0.179 e. The molecule has 0 atom stereocenters. The molecule has 88 valence electrons. The van der Waals surface area contributed by atoms with Gasteiger partial charge in [0.25, 0.3) is 0 Å². The molecule has 0 aliphatic carbocycles. The van der Waals surface area contributed by atoms with Crippen molar-refractivity contribution in [2.45, 2.75) is 13.8 Å². The fourth-order valence-electron chi connectivity index (χ4n) is 1.62. The number of aromatic nitrogens is 3. The van der Waals surface area contributed by atoms with Gasteiger partial charge >= 0.3 is 0 Å². The summed E-state index contributed by atoms with van der Waals surface area (Å²) in [5.74, 6) is 0. The molecule has 0 aliphatic heterocycles. The molecule has 0 saturated heterocycles. The molecular weight excluding hydrogens is 212 g/mol. The molecular formula is C13H16N4. The average molecular weight is 228 g/mol. The summed E-state index contributed by atoms with van der Waals surface area (Å²) in [6.45, 7) is 7.72. The maximum absolute atomic E-state index is 4.49. The van der Waals surface area contributed by atoms with Gasteiger partial charge in [0.05, 0.1) is 6.20 Å². The quantitative estimate of drug-likeness (QED) is 0.757. The normalized spacial score (nSPS) is 11.8. The minimum atomic E-state index is 0.862. The predicted octanol–water partition coefficient (Wildman–Crippen LogP) is 2.56. The van der Waals surface area contributed by atoms with Crippen molar-refractivity contribution in [2.24, 2.45) is 0 Å². The summed E-state index contributed by atoms with van der Waals surface area (Å²) >= 11 is 0. The van der Waals surface area contributed by atoms with Crippen LogP contribution in [0.3, 0.4) is 0 Å². The van der Waals surface area contributed by atoms with E-state index < -0.39 is 0 Å². The van der Waals surface area contributed by atoms with E-state index in [0.29, 0.717) is 0 Å². The lowest BCUT2D eigenvalue weighted by Gasteiger charge is -2.12. The van der Waals surface area contributed by atoms with E-state index in [2.05, 4.69) is 16.7 Å². The Balaban J connectivity index is 2.48. The summed E-state index contributed by atoms with van der Waals surface area (Å²) < 4.78 is 1.77. The molecule has 17 heavy (non-hydrogen) atoms. The summed E-state index contributed by atoms with van der Waals surface area (Å²) in [7, 11) is 1.98. The first-order valence-electron chi connectivity index (χ1n) is 5.46. The highest BCUT2D eigenvalue weighted by atomic mass is 15.3. The number of hydrogen-bond acceptors (Lipinski definition) is 3. The molecule has 4 nitrogen and oxygen atoms in total. The van der Waals surface area contributed by atoms with Crippen LogP contribution in [0.25, 0.3) is 5.65 Å². The van der Waals surface area contributed by atoms with Gasteiger partial charge in [-0.2, -0.15) is 5.10 Å². The Bertz CT molecular complexity index is 580. The Morgan fingerprint density at radius 2 is 2.29 bits per heavy atom. The zero-order valence-corrected chi connectivity index (χ0v) is 10.4. The third kappa shape index (κ3) is 2.20. The molecule has 4 heteroatoms.